The first-order valence-electron chi connectivity index (χ1n) is 1.49. The van der Waals surface area contributed by atoms with Crippen molar-refractivity contribution in [3.8, 4) is 0 Å². The molecule has 0 saturated carbocycles. The van der Waals surface area contributed by atoms with Gasteiger partial charge in [-0.3, -0.25) is 0 Å². The minimum Gasteiger partial charge on any atom is 0 e. The van der Waals surface area contributed by atoms with Crippen molar-refractivity contribution in [3.63, 3.8) is 0 Å². The van der Waals surface area contributed by atoms with Crippen LogP contribution in [-0.4, -0.2) is 19.9 Å². The van der Waals surface area contributed by atoms with Gasteiger partial charge in [-0.05, 0) is 0 Å². The van der Waals surface area contributed by atoms with E-state index in [1.807, 2.05) is 11.0 Å². The van der Waals surface area contributed by atoms with Crippen molar-refractivity contribution in [2.75, 3.05) is 0 Å². The first kappa shape index (κ1) is 7.90. The molecule has 0 spiro atoms. The third-order valence-electron chi connectivity index (χ3n) is 0.446. The smallest absolute Gasteiger partial charge is 0 e. The van der Waals surface area contributed by atoms with Gasteiger partial charge in [-0.2, -0.15) is 0 Å². The Hall–Kier alpha value is 0.903. The second-order valence-corrected chi connectivity index (χ2v) is 4.43. The number of nitrogens with zero attached hydrogens (tertiary/aromatic N) is 1. The van der Waals surface area contributed by atoms with Gasteiger partial charge < -0.3 is 0 Å². The summed E-state index contributed by atoms with van der Waals surface area (Å²) in [6.07, 6.45) is 1.81. The number of hydrogen-bond acceptors (Lipinski definition) is 1. The molecule has 0 radical (unpaired) electrons. The van der Waals surface area contributed by atoms with Gasteiger partial charge in [-0.1, -0.05) is 0 Å². The molecule has 0 aromatic rings. The molecule has 1 nitrogen and oxygen atoms in total. The van der Waals surface area contributed by atoms with Crippen LogP contribution >= 0.6 is 8.82 Å². The maximum Gasteiger partial charge on any atom is 0 e. The average Bonchev–Trinajstić information content (AvgIpc) is 1.86. The Labute approximate surface area is 64.6 Å². The van der Waals surface area contributed by atoms with Crippen molar-refractivity contribution >= 4 is 28.7 Å². The van der Waals surface area contributed by atoms with Crippen LogP contribution in [0, 0.1) is 0 Å². The van der Waals surface area contributed by atoms with Crippen molar-refractivity contribution in [2.45, 2.75) is 0 Å². The molecule has 0 N–H and O–H groups in total. The van der Waals surface area contributed by atoms with Crippen LogP contribution < -0.4 is 0 Å². The normalized spacial score (nSPS) is 24.9. The van der Waals surface area contributed by atoms with Gasteiger partial charge in [0.25, 0.3) is 0 Å². The zero-order valence-corrected chi connectivity index (χ0v) is 9.20. The third kappa shape index (κ3) is 2.66. The Balaban J connectivity index is 0.000000360. The van der Waals surface area contributed by atoms with Crippen molar-refractivity contribution in [1.29, 1.82) is 0 Å². The van der Waals surface area contributed by atoms with E-state index in [2.05, 4.69) is 19.4 Å². The predicted octanol–water partition coefficient (Wildman–Crippen LogP) is 0.849. The summed E-state index contributed by atoms with van der Waals surface area (Å²) < 4.78 is 0. The average molecular weight is 229 g/mol. The molecular weight excluding hydrogens is 226 g/mol. The fourth-order valence-corrected chi connectivity index (χ4v) is 1.30. The summed E-state index contributed by atoms with van der Waals surface area (Å²) in [6.45, 7) is 0. The standard InChI is InChI=1S/C3H3NSSe.Zn/c6-5-2-1-4-3-5;/h1-3H;. The first-order chi connectivity index (χ1) is 2.89. The maximum atomic E-state index is 3.84. The zero-order chi connectivity index (χ0) is 4.41. The summed E-state index contributed by atoms with van der Waals surface area (Å²) in [5, 5.41) is 2.03. The Bertz CT molecular complexity index is 117. The summed E-state index contributed by atoms with van der Waals surface area (Å²) in [5.74, 6) is 0. The minimum atomic E-state index is 0. The molecular formula is C3H3NSSeZn. The molecule has 34 valence electrons. The van der Waals surface area contributed by atoms with Gasteiger partial charge in [-0.25, -0.2) is 0 Å². The SMILES string of the molecule is [Se]=S1C=CN=C1.[Zn]. The fraction of sp³-hybridized carbons (Fsp3) is 0. The molecule has 1 unspecified atom stereocenters. The van der Waals surface area contributed by atoms with Gasteiger partial charge in [0.05, 0.1) is 0 Å². The quantitative estimate of drug-likeness (QED) is 0.546. The van der Waals surface area contributed by atoms with Gasteiger partial charge >= 0.3 is 45.3 Å². The van der Waals surface area contributed by atoms with E-state index in [1.165, 1.54) is 0 Å². The van der Waals surface area contributed by atoms with Crippen LogP contribution in [0.5, 0.6) is 0 Å². The Kier molecular flexibility index (Phi) is 4.35. The Morgan fingerprint density at radius 2 is 2.29 bits per heavy atom. The third-order valence-corrected chi connectivity index (χ3v) is 2.41. The van der Waals surface area contributed by atoms with Gasteiger partial charge in [0.15, 0.2) is 0 Å². The van der Waals surface area contributed by atoms with E-state index < -0.39 is 0 Å². The summed E-state index contributed by atoms with van der Waals surface area (Å²) in [7, 11) is 0.230. The van der Waals surface area contributed by atoms with Crippen LogP contribution in [0.25, 0.3) is 0 Å². The summed E-state index contributed by atoms with van der Waals surface area (Å²) in [4.78, 5) is 3.84. The molecule has 1 heterocycles. The maximum absolute atomic E-state index is 3.84. The van der Waals surface area contributed by atoms with Gasteiger partial charge in [0, 0.05) is 19.5 Å². The van der Waals surface area contributed by atoms with Gasteiger partial charge in [0.2, 0.25) is 0 Å². The van der Waals surface area contributed by atoms with E-state index in [0.717, 1.165) is 0 Å². The molecule has 1 aliphatic heterocycles. The summed E-state index contributed by atoms with van der Waals surface area (Å²) >= 11 is 2.93. The molecule has 0 saturated heterocycles. The van der Waals surface area contributed by atoms with Crippen molar-refractivity contribution in [3.05, 3.63) is 11.6 Å². The zero-order valence-electron chi connectivity index (χ0n) is 3.70. The van der Waals surface area contributed by atoms with Crippen LogP contribution in [0.15, 0.2) is 16.6 Å². The molecule has 1 aliphatic rings. The number of aliphatic imine (C=N–C) groups is 1. The van der Waals surface area contributed by atoms with Crippen LogP contribution in [0.3, 0.4) is 0 Å². The summed E-state index contributed by atoms with van der Waals surface area (Å²) in [5.41, 5.74) is 1.89. The van der Waals surface area contributed by atoms with Crippen LogP contribution in [0.1, 0.15) is 0 Å². The monoisotopic (exact) mass is 229 g/mol. The first-order valence-corrected chi connectivity index (χ1v) is 4.86. The van der Waals surface area contributed by atoms with Crippen LogP contribution in [-0.2, 0) is 19.5 Å². The molecule has 0 aliphatic carbocycles. The minimum absolute atomic E-state index is 0. The van der Waals surface area contributed by atoms with Crippen LogP contribution in [0.2, 0.25) is 0 Å². The number of hydrogen-bond donors (Lipinski definition) is 0. The fourth-order valence-electron chi connectivity index (χ4n) is 0.225. The molecule has 0 aromatic carbocycles. The van der Waals surface area contributed by atoms with E-state index in [0.29, 0.717) is 0 Å². The molecule has 0 fully saturated rings. The van der Waals surface area contributed by atoms with E-state index in [4.69, 9.17) is 0 Å². The van der Waals surface area contributed by atoms with Crippen LogP contribution in [0.4, 0.5) is 0 Å². The second-order valence-electron chi connectivity index (χ2n) is 0.868. The van der Waals surface area contributed by atoms with Crippen molar-refractivity contribution < 1.29 is 19.5 Å². The Morgan fingerprint density at radius 3 is 2.43 bits per heavy atom. The van der Waals surface area contributed by atoms with Crippen molar-refractivity contribution in [2.24, 2.45) is 4.99 Å². The topological polar surface area (TPSA) is 12.4 Å². The van der Waals surface area contributed by atoms with E-state index in [1.54, 1.807) is 6.20 Å². The predicted molar refractivity (Wildman–Crippen MR) is 31.0 cm³/mol. The molecule has 1 atom stereocenters. The molecule has 4 heteroatoms. The molecule has 0 bridgehead atoms. The van der Waals surface area contributed by atoms with Crippen molar-refractivity contribution in [1.82, 2.24) is 0 Å². The second kappa shape index (κ2) is 3.85. The Morgan fingerprint density at radius 1 is 1.57 bits per heavy atom. The molecule has 1 rings (SSSR count). The largest absolute Gasteiger partial charge is 0 e. The summed E-state index contributed by atoms with van der Waals surface area (Å²) in [6, 6.07) is 0. The molecule has 7 heavy (non-hydrogen) atoms. The van der Waals surface area contributed by atoms with E-state index >= 15 is 0 Å². The van der Waals surface area contributed by atoms with Gasteiger partial charge in [-0.15, -0.1) is 0 Å². The van der Waals surface area contributed by atoms with Gasteiger partial charge in [0.1, 0.15) is 0 Å². The van der Waals surface area contributed by atoms with E-state index in [-0.39, 0.29) is 28.3 Å². The number of rotatable bonds is 0. The molecule has 0 amide bonds. The van der Waals surface area contributed by atoms with E-state index in [9.17, 15) is 0 Å². The molecule has 0 aromatic heterocycles.